The molecule has 0 aromatic heterocycles. The third-order valence-electron chi connectivity index (χ3n) is 4.45. The summed E-state index contributed by atoms with van der Waals surface area (Å²) < 4.78 is 0. The van der Waals surface area contributed by atoms with Gasteiger partial charge in [-0.1, -0.05) is 24.6 Å². The number of carboxylic acid groups (broad SMARTS) is 3. The quantitative estimate of drug-likeness (QED) is 0.643. The van der Waals surface area contributed by atoms with Crippen molar-refractivity contribution in [1.29, 1.82) is 0 Å². The van der Waals surface area contributed by atoms with Crippen LogP contribution in [0.1, 0.15) is 40.0 Å². The highest BCUT2D eigenvalue weighted by Crippen LogP contribution is 2.39. The van der Waals surface area contributed by atoms with Crippen molar-refractivity contribution in [2.75, 3.05) is 0 Å². The lowest BCUT2D eigenvalue weighted by Crippen LogP contribution is -2.26. The van der Waals surface area contributed by atoms with Crippen LogP contribution in [0.5, 0.6) is 0 Å². The summed E-state index contributed by atoms with van der Waals surface area (Å²) in [4.78, 5) is 33.3. The van der Waals surface area contributed by atoms with Gasteiger partial charge in [0.15, 0.2) is 0 Å². The number of hydrogen-bond acceptors (Lipinski definition) is 3. The van der Waals surface area contributed by atoms with Crippen LogP contribution in [0.25, 0.3) is 0 Å². The molecule has 1 aliphatic carbocycles. The number of aliphatic carboxylic acids is 3. The van der Waals surface area contributed by atoms with Crippen LogP contribution >= 0.6 is 0 Å². The highest BCUT2D eigenvalue weighted by atomic mass is 16.4. The van der Waals surface area contributed by atoms with Crippen molar-refractivity contribution in [3.8, 4) is 0 Å². The Kier molecular flexibility index (Phi) is 6.95. The molecule has 3 N–H and O–H groups in total. The average molecular weight is 336 g/mol. The van der Waals surface area contributed by atoms with Gasteiger partial charge in [0.05, 0.1) is 0 Å². The van der Waals surface area contributed by atoms with Crippen LogP contribution in [0, 0.1) is 17.8 Å². The topological polar surface area (TPSA) is 112 Å². The van der Waals surface area contributed by atoms with Crippen molar-refractivity contribution in [3.63, 3.8) is 0 Å². The fraction of sp³-hybridized carbons (Fsp3) is 0.500. The van der Waals surface area contributed by atoms with E-state index in [2.05, 4.69) is 0 Å². The van der Waals surface area contributed by atoms with Gasteiger partial charge in [-0.05, 0) is 51.4 Å². The van der Waals surface area contributed by atoms with E-state index in [4.69, 9.17) is 15.3 Å². The smallest absolute Gasteiger partial charge is 0.330 e. The minimum absolute atomic E-state index is 0.132. The molecule has 0 spiro atoms. The van der Waals surface area contributed by atoms with Gasteiger partial charge in [0.2, 0.25) is 0 Å². The third-order valence-corrected chi connectivity index (χ3v) is 4.45. The maximum Gasteiger partial charge on any atom is 0.330 e. The first kappa shape index (κ1) is 19.7. The number of allylic oxidation sites excluding steroid dienone is 3. The van der Waals surface area contributed by atoms with Gasteiger partial charge in [0.1, 0.15) is 0 Å². The molecule has 2 unspecified atom stereocenters. The van der Waals surface area contributed by atoms with Crippen molar-refractivity contribution in [1.82, 2.24) is 0 Å². The van der Waals surface area contributed by atoms with Gasteiger partial charge in [0.25, 0.3) is 0 Å². The zero-order chi connectivity index (χ0) is 18.4. The van der Waals surface area contributed by atoms with Gasteiger partial charge in [0, 0.05) is 16.7 Å². The molecule has 0 aromatic rings. The Labute approximate surface area is 141 Å². The SMILES string of the molecule is CC(=CC1CCCC(C=C(C)C(=O)O)C1C=C(C)C(=O)O)C(=O)O. The molecule has 24 heavy (non-hydrogen) atoms. The molecule has 1 aliphatic rings. The molecule has 0 amide bonds. The van der Waals surface area contributed by atoms with Crippen LogP contribution in [0.15, 0.2) is 34.9 Å². The molecule has 2 atom stereocenters. The summed E-state index contributed by atoms with van der Waals surface area (Å²) in [5.74, 6) is -3.55. The lowest BCUT2D eigenvalue weighted by Gasteiger charge is -2.34. The van der Waals surface area contributed by atoms with E-state index in [-0.39, 0.29) is 34.5 Å². The third kappa shape index (κ3) is 5.37. The van der Waals surface area contributed by atoms with Crippen molar-refractivity contribution < 1.29 is 29.7 Å². The Morgan fingerprint density at radius 3 is 1.38 bits per heavy atom. The predicted octanol–water partition coefficient (Wildman–Crippen LogP) is 3.11. The summed E-state index contributed by atoms with van der Waals surface area (Å²) in [5.41, 5.74) is 0.608. The molecule has 1 fully saturated rings. The van der Waals surface area contributed by atoms with E-state index in [9.17, 15) is 14.4 Å². The Morgan fingerprint density at radius 2 is 1.04 bits per heavy atom. The molecule has 0 heterocycles. The average Bonchev–Trinajstić information content (AvgIpc) is 2.49. The molecule has 0 aliphatic heterocycles. The van der Waals surface area contributed by atoms with E-state index in [1.165, 1.54) is 20.8 Å². The molecule has 0 saturated heterocycles. The summed E-state index contributed by atoms with van der Waals surface area (Å²) in [6, 6.07) is 0. The molecule has 1 rings (SSSR count). The van der Waals surface area contributed by atoms with Gasteiger partial charge in [-0.2, -0.15) is 0 Å². The molecule has 6 heteroatoms. The number of carboxylic acids is 3. The van der Waals surface area contributed by atoms with Crippen molar-refractivity contribution in [3.05, 3.63) is 34.9 Å². The van der Waals surface area contributed by atoms with Crippen LogP contribution in [-0.4, -0.2) is 33.2 Å². The zero-order valence-electron chi connectivity index (χ0n) is 14.2. The van der Waals surface area contributed by atoms with Gasteiger partial charge in [-0.25, -0.2) is 14.4 Å². The molecule has 132 valence electrons. The second kappa shape index (κ2) is 8.47. The summed E-state index contributed by atoms with van der Waals surface area (Å²) in [5, 5.41) is 27.3. The van der Waals surface area contributed by atoms with Gasteiger partial charge >= 0.3 is 17.9 Å². The Hall–Kier alpha value is -2.37. The normalized spacial score (nSPS) is 26.1. The van der Waals surface area contributed by atoms with E-state index in [1.54, 1.807) is 18.2 Å². The highest BCUT2D eigenvalue weighted by molar-refractivity contribution is 5.87. The van der Waals surface area contributed by atoms with Crippen molar-refractivity contribution in [2.45, 2.75) is 40.0 Å². The predicted molar refractivity (Wildman–Crippen MR) is 88.5 cm³/mol. The highest BCUT2D eigenvalue weighted by Gasteiger charge is 2.31. The van der Waals surface area contributed by atoms with E-state index < -0.39 is 17.9 Å². The largest absolute Gasteiger partial charge is 0.478 e. The number of hydrogen-bond donors (Lipinski definition) is 3. The Morgan fingerprint density at radius 1 is 0.708 bits per heavy atom. The van der Waals surface area contributed by atoms with Gasteiger partial charge < -0.3 is 15.3 Å². The van der Waals surface area contributed by atoms with Crippen molar-refractivity contribution in [2.24, 2.45) is 17.8 Å². The minimum atomic E-state index is -1.03. The number of carbonyl (C=O) groups is 3. The van der Waals surface area contributed by atoms with E-state index in [0.717, 1.165) is 19.3 Å². The van der Waals surface area contributed by atoms with Crippen LogP contribution in [0.4, 0.5) is 0 Å². The Balaban J connectivity index is 3.27. The van der Waals surface area contributed by atoms with E-state index in [0.29, 0.717) is 0 Å². The molecular weight excluding hydrogens is 312 g/mol. The first-order valence-electron chi connectivity index (χ1n) is 7.88. The molecular formula is C18H24O6. The first-order valence-corrected chi connectivity index (χ1v) is 7.88. The molecule has 0 bridgehead atoms. The van der Waals surface area contributed by atoms with Crippen LogP contribution < -0.4 is 0 Å². The monoisotopic (exact) mass is 336 g/mol. The van der Waals surface area contributed by atoms with Crippen LogP contribution in [0.3, 0.4) is 0 Å². The van der Waals surface area contributed by atoms with E-state index in [1.807, 2.05) is 0 Å². The Bertz CT molecular complexity index is 573. The minimum Gasteiger partial charge on any atom is -0.478 e. The van der Waals surface area contributed by atoms with Crippen molar-refractivity contribution >= 4 is 17.9 Å². The second-order valence-electron chi connectivity index (χ2n) is 6.30. The molecule has 0 aromatic carbocycles. The zero-order valence-corrected chi connectivity index (χ0v) is 14.2. The van der Waals surface area contributed by atoms with Crippen LogP contribution in [-0.2, 0) is 14.4 Å². The molecule has 6 nitrogen and oxygen atoms in total. The summed E-state index contributed by atoms with van der Waals surface area (Å²) in [6.07, 6.45) is 7.28. The molecule has 0 radical (unpaired) electrons. The standard InChI is InChI=1S/C18H24O6/c1-10(16(19)20)7-13-5-4-6-14(8-11(2)17(21)22)15(13)9-12(3)18(23)24/h7-9,13-15H,4-6H2,1-3H3,(H,19,20)(H,21,22)(H,23,24). The first-order chi connectivity index (χ1) is 11.1. The summed E-state index contributed by atoms with van der Waals surface area (Å²) >= 11 is 0. The van der Waals surface area contributed by atoms with Gasteiger partial charge in [-0.3, -0.25) is 0 Å². The molecule has 1 saturated carbocycles. The maximum absolute atomic E-state index is 11.2. The lowest BCUT2D eigenvalue weighted by molar-refractivity contribution is -0.133. The second-order valence-corrected chi connectivity index (χ2v) is 6.30. The fourth-order valence-electron chi connectivity index (χ4n) is 3.07. The summed E-state index contributed by atoms with van der Waals surface area (Å²) in [7, 11) is 0. The number of rotatable bonds is 6. The van der Waals surface area contributed by atoms with Gasteiger partial charge in [-0.15, -0.1) is 0 Å². The van der Waals surface area contributed by atoms with Crippen LogP contribution in [0.2, 0.25) is 0 Å². The maximum atomic E-state index is 11.2. The van der Waals surface area contributed by atoms with E-state index >= 15 is 0 Å². The fourth-order valence-corrected chi connectivity index (χ4v) is 3.07. The summed E-state index contributed by atoms with van der Waals surface area (Å²) in [6.45, 7) is 4.51. The lowest BCUT2D eigenvalue weighted by atomic mass is 9.70.